The third kappa shape index (κ3) is 5.56. The molecule has 0 bridgehead atoms. The molecule has 1 N–H and O–H groups in total. The lowest BCUT2D eigenvalue weighted by atomic mass is 10.2. The minimum atomic E-state index is -3.95. The molecule has 0 unspecified atom stereocenters. The van der Waals surface area contributed by atoms with E-state index in [1.807, 2.05) is 0 Å². The highest BCUT2D eigenvalue weighted by atomic mass is 35.5. The highest BCUT2D eigenvalue weighted by molar-refractivity contribution is 7.89. The fraction of sp³-hybridized carbons (Fsp3) is 0.143. The van der Waals surface area contributed by atoms with E-state index in [0.29, 0.717) is 22.0 Å². The van der Waals surface area contributed by atoms with E-state index in [1.54, 1.807) is 55.6 Å². The number of ether oxygens (including phenoxy) is 1. The molecular weight excluding hydrogens is 426 g/mol. The van der Waals surface area contributed by atoms with Crippen LogP contribution in [0.5, 0.6) is 5.75 Å². The molecule has 0 saturated carbocycles. The second-order valence-electron chi connectivity index (χ2n) is 6.36. The summed E-state index contributed by atoms with van der Waals surface area (Å²) >= 11 is 5.92. The van der Waals surface area contributed by atoms with Gasteiger partial charge < -0.3 is 10.1 Å². The van der Waals surface area contributed by atoms with Crippen molar-refractivity contribution in [3.05, 3.63) is 83.6 Å². The van der Waals surface area contributed by atoms with Crippen LogP contribution in [-0.4, -0.2) is 37.3 Å². The van der Waals surface area contributed by atoms with E-state index in [2.05, 4.69) is 10.3 Å². The first-order valence-electron chi connectivity index (χ1n) is 8.97. The summed E-state index contributed by atoms with van der Waals surface area (Å²) < 4.78 is 32.5. The zero-order valence-electron chi connectivity index (χ0n) is 16.2. The van der Waals surface area contributed by atoms with Gasteiger partial charge in [0.05, 0.1) is 13.7 Å². The van der Waals surface area contributed by atoms with Gasteiger partial charge in [0.2, 0.25) is 15.9 Å². The number of nitrogens with one attached hydrogen (secondary N) is 1. The molecule has 0 saturated heterocycles. The summed E-state index contributed by atoms with van der Waals surface area (Å²) in [6.07, 6.45) is 2.74. The summed E-state index contributed by atoms with van der Waals surface area (Å²) in [5.41, 5.74) is 1.23. The average molecular weight is 446 g/mol. The Morgan fingerprint density at radius 1 is 1.10 bits per heavy atom. The number of halogens is 1. The molecule has 3 aromatic rings. The Morgan fingerprint density at radius 2 is 1.80 bits per heavy atom. The first-order valence-corrected chi connectivity index (χ1v) is 10.8. The predicted octanol–water partition coefficient (Wildman–Crippen LogP) is 3.57. The summed E-state index contributed by atoms with van der Waals surface area (Å²) in [7, 11) is -2.40. The van der Waals surface area contributed by atoms with Crippen molar-refractivity contribution in [1.29, 1.82) is 0 Å². The molecule has 1 aromatic heterocycles. The summed E-state index contributed by atoms with van der Waals surface area (Å²) in [6.45, 7) is -0.365. The van der Waals surface area contributed by atoms with Crippen molar-refractivity contribution in [3.8, 4) is 5.75 Å². The number of methoxy groups -OCH3 is 1. The number of benzene rings is 2. The Labute approximate surface area is 180 Å². The largest absolute Gasteiger partial charge is 0.497 e. The third-order valence-corrected chi connectivity index (χ3v) is 6.27. The summed E-state index contributed by atoms with van der Waals surface area (Å²) in [4.78, 5) is 16.5. The van der Waals surface area contributed by atoms with Crippen LogP contribution < -0.4 is 10.1 Å². The van der Waals surface area contributed by atoms with Gasteiger partial charge in [0.15, 0.2) is 0 Å². The van der Waals surface area contributed by atoms with Crippen LogP contribution in [0, 0.1) is 0 Å². The van der Waals surface area contributed by atoms with Crippen LogP contribution in [0.2, 0.25) is 5.02 Å². The smallest absolute Gasteiger partial charge is 0.245 e. The molecule has 156 valence electrons. The average Bonchev–Trinajstić information content (AvgIpc) is 2.76. The van der Waals surface area contributed by atoms with Crippen LogP contribution in [0.3, 0.4) is 0 Å². The van der Waals surface area contributed by atoms with Crippen molar-refractivity contribution >= 4 is 33.2 Å². The fourth-order valence-corrected chi connectivity index (χ4v) is 4.18. The molecule has 0 spiro atoms. The quantitative estimate of drug-likeness (QED) is 0.572. The number of aromatic nitrogens is 1. The Hall–Kier alpha value is -2.94. The van der Waals surface area contributed by atoms with E-state index < -0.39 is 15.9 Å². The molecule has 1 heterocycles. The number of carbonyl (C=O) groups is 1. The number of rotatable bonds is 8. The molecule has 30 heavy (non-hydrogen) atoms. The van der Waals surface area contributed by atoms with Gasteiger partial charge >= 0.3 is 0 Å². The molecule has 0 radical (unpaired) electrons. The Morgan fingerprint density at radius 3 is 2.40 bits per heavy atom. The van der Waals surface area contributed by atoms with Gasteiger partial charge in [-0.3, -0.25) is 9.78 Å². The number of amides is 1. The van der Waals surface area contributed by atoms with Crippen molar-refractivity contribution in [2.75, 3.05) is 19.0 Å². The lowest BCUT2D eigenvalue weighted by Crippen LogP contribution is -2.37. The summed E-state index contributed by atoms with van der Waals surface area (Å²) in [5.74, 6) is 0.179. The first-order chi connectivity index (χ1) is 14.4. The van der Waals surface area contributed by atoms with Gasteiger partial charge in [-0.15, -0.1) is 0 Å². The van der Waals surface area contributed by atoms with Gasteiger partial charge in [-0.2, -0.15) is 4.31 Å². The number of nitrogens with zero attached hydrogens (tertiary/aromatic N) is 2. The van der Waals surface area contributed by atoms with Gasteiger partial charge in [-0.25, -0.2) is 8.42 Å². The topological polar surface area (TPSA) is 88.6 Å². The maximum absolute atomic E-state index is 13.1. The van der Waals surface area contributed by atoms with E-state index in [9.17, 15) is 13.2 Å². The van der Waals surface area contributed by atoms with Crippen molar-refractivity contribution in [2.45, 2.75) is 11.4 Å². The molecule has 9 heteroatoms. The van der Waals surface area contributed by atoms with Crippen LogP contribution in [0.15, 0.2) is 78.0 Å². The van der Waals surface area contributed by atoms with Crippen molar-refractivity contribution < 1.29 is 17.9 Å². The third-order valence-electron chi connectivity index (χ3n) is 4.24. The van der Waals surface area contributed by atoms with Crippen LogP contribution in [0.4, 0.5) is 5.69 Å². The zero-order valence-corrected chi connectivity index (χ0v) is 17.7. The molecule has 3 rings (SSSR count). The molecule has 1 amide bonds. The standard InChI is InChI=1S/C21H20ClN3O4S/c1-29-19-10-8-18(9-11-19)24-21(26)15-25(14-16-4-6-17(22)7-5-16)30(27,28)20-3-2-12-23-13-20/h2-13H,14-15H2,1H3,(H,24,26). The van der Waals surface area contributed by atoms with E-state index in [1.165, 1.54) is 24.5 Å². The minimum Gasteiger partial charge on any atom is -0.497 e. The van der Waals surface area contributed by atoms with Gasteiger partial charge in [-0.1, -0.05) is 23.7 Å². The maximum Gasteiger partial charge on any atom is 0.245 e. The van der Waals surface area contributed by atoms with E-state index in [4.69, 9.17) is 16.3 Å². The number of hydrogen-bond acceptors (Lipinski definition) is 5. The Bertz CT molecular complexity index is 1090. The van der Waals surface area contributed by atoms with Crippen molar-refractivity contribution in [2.24, 2.45) is 0 Å². The fourth-order valence-electron chi connectivity index (χ4n) is 2.70. The number of carbonyl (C=O) groups excluding carboxylic acids is 1. The molecule has 0 aliphatic heterocycles. The highest BCUT2D eigenvalue weighted by Crippen LogP contribution is 2.20. The molecule has 7 nitrogen and oxygen atoms in total. The SMILES string of the molecule is COc1ccc(NC(=O)CN(Cc2ccc(Cl)cc2)S(=O)(=O)c2cccnc2)cc1. The molecule has 0 aliphatic rings. The summed E-state index contributed by atoms with van der Waals surface area (Å²) in [5, 5.41) is 3.24. The summed E-state index contributed by atoms with van der Waals surface area (Å²) in [6, 6.07) is 16.5. The van der Waals surface area contributed by atoms with E-state index in [0.717, 1.165) is 4.31 Å². The maximum atomic E-state index is 13.1. The zero-order chi connectivity index (χ0) is 21.6. The van der Waals surface area contributed by atoms with E-state index in [-0.39, 0.29) is 18.0 Å². The van der Waals surface area contributed by atoms with Gasteiger partial charge in [-0.05, 0) is 54.1 Å². The first kappa shape index (κ1) is 21.8. The molecule has 0 fully saturated rings. The molecule has 0 atom stereocenters. The monoisotopic (exact) mass is 445 g/mol. The highest BCUT2D eigenvalue weighted by Gasteiger charge is 2.27. The second kappa shape index (κ2) is 9.71. The van der Waals surface area contributed by atoms with Crippen LogP contribution in [-0.2, 0) is 21.4 Å². The normalized spacial score (nSPS) is 11.3. The van der Waals surface area contributed by atoms with Crippen LogP contribution in [0.1, 0.15) is 5.56 Å². The minimum absolute atomic E-state index is 0.00439. The molecule has 2 aromatic carbocycles. The lowest BCUT2D eigenvalue weighted by Gasteiger charge is -2.22. The Kier molecular flexibility index (Phi) is 7.04. The number of pyridine rings is 1. The molecule has 0 aliphatic carbocycles. The number of hydrogen-bond donors (Lipinski definition) is 1. The van der Waals surface area contributed by atoms with Gasteiger partial charge in [0.1, 0.15) is 10.6 Å². The van der Waals surface area contributed by atoms with E-state index >= 15 is 0 Å². The van der Waals surface area contributed by atoms with Crippen LogP contribution >= 0.6 is 11.6 Å². The predicted molar refractivity (Wildman–Crippen MR) is 115 cm³/mol. The lowest BCUT2D eigenvalue weighted by molar-refractivity contribution is -0.116. The second-order valence-corrected chi connectivity index (χ2v) is 8.74. The van der Waals surface area contributed by atoms with Crippen LogP contribution in [0.25, 0.3) is 0 Å². The molecular formula is C21H20ClN3O4S. The van der Waals surface area contributed by atoms with Gasteiger partial charge in [0.25, 0.3) is 0 Å². The van der Waals surface area contributed by atoms with Crippen molar-refractivity contribution in [3.63, 3.8) is 0 Å². The number of sulfonamides is 1. The van der Waals surface area contributed by atoms with Gasteiger partial charge in [0, 0.05) is 29.6 Å². The Balaban J connectivity index is 1.82. The van der Waals surface area contributed by atoms with Crippen molar-refractivity contribution in [1.82, 2.24) is 9.29 Å². The number of anilines is 1.